The summed E-state index contributed by atoms with van der Waals surface area (Å²) in [6.07, 6.45) is 4.21. The number of hydrogen-bond acceptors (Lipinski definition) is 4. The Balaban J connectivity index is 1.51. The third kappa shape index (κ3) is 2.67. The molecule has 1 aliphatic carbocycles. The second-order valence-corrected chi connectivity index (χ2v) is 6.76. The minimum absolute atomic E-state index is 0.117. The lowest BCUT2D eigenvalue weighted by Gasteiger charge is -2.05. The summed E-state index contributed by atoms with van der Waals surface area (Å²) < 4.78 is 2.14. The summed E-state index contributed by atoms with van der Waals surface area (Å²) in [6.45, 7) is 2.95. The third-order valence-corrected chi connectivity index (χ3v) is 5.19. The number of aromatic amines is 1. The first-order valence-electron chi connectivity index (χ1n) is 7.93. The fraction of sp³-hybridized carbons (Fsp3) is 0.353. The molecule has 6 heteroatoms. The number of fused-ring (bicyclic) bond motifs is 1. The van der Waals surface area contributed by atoms with E-state index >= 15 is 0 Å². The molecule has 1 aromatic carbocycles. The zero-order valence-electron chi connectivity index (χ0n) is 13.0. The van der Waals surface area contributed by atoms with Crippen molar-refractivity contribution < 1.29 is 4.79 Å². The van der Waals surface area contributed by atoms with E-state index in [9.17, 15) is 4.79 Å². The van der Waals surface area contributed by atoms with Crippen LogP contribution >= 0.6 is 11.8 Å². The zero-order chi connectivity index (χ0) is 15.8. The van der Waals surface area contributed by atoms with Gasteiger partial charge in [0.2, 0.25) is 0 Å². The standard InChI is InChI=1S/C17H18N4OS/c1-2-21-16(11-7-8-11)19-20-17(21)23-10-15(22)13-9-18-14-6-4-3-5-12(13)14/h3-6,9,11,18H,2,7-8,10H2,1H3. The fourth-order valence-electron chi connectivity index (χ4n) is 2.86. The Hall–Kier alpha value is -2.08. The maximum absolute atomic E-state index is 12.5. The first kappa shape index (κ1) is 14.5. The molecule has 2 aromatic heterocycles. The highest BCUT2D eigenvalue weighted by Gasteiger charge is 2.30. The van der Waals surface area contributed by atoms with Crippen molar-refractivity contribution in [3.8, 4) is 0 Å². The van der Waals surface area contributed by atoms with Crippen molar-refractivity contribution in [1.82, 2.24) is 19.7 Å². The third-order valence-electron chi connectivity index (χ3n) is 4.23. The summed E-state index contributed by atoms with van der Waals surface area (Å²) in [7, 11) is 0. The zero-order valence-corrected chi connectivity index (χ0v) is 13.8. The van der Waals surface area contributed by atoms with Gasteiger partial charge >= 0.3 is 0 Å². The number of carbonyl (C=O) groups excluding carboxylic acids is 1. The number of benzene rings is 1. The van der Waals surface area contributed by atoms with Crippen LogP contribution in [0.4, 0.5) is 0 Å². The van der Waals surface area contributed by atoms with Crippen molar-refractivity contribution >= 4 is 28.4 Å². The lowest BCUT2D eigenvalue weighted by atomic mass is 10.1. The molecule has 23 heavy (non-hydrogen) atoms. The van der Waals surface area contributed by atoms with Crippen molar-refractivity contribution in [3.63, 3.8) is 0 Å². The van der Waals surface area contributed by atoms with Crippen molar-refractivity contribution in [2.75, 3.05) is 5.75 Å². The summed E-state index contributed by atoms with van der Waals surface area (Å²) in [5.41, 5.74) is 1.74. The normalized spacial score (nSPS) is 14.5. The van der Waals surface area contributed by atoms with Gasteiger partial charge in [-0.1, -0.05) is 30.0 Å². The van der Waals surface area contributed by atoms with Gasteiger partial charge in [0.1, 0.15) is 5.82 Å². The molecule has 0 aliphatic heterocycles. The van der Waals surface area contributed by atoms with Gasteiger partial charge in [-0.2, -0.15) is 0 Å². The average Bonchev–Trinajstić information content (AvgIpc) is 3.20. The molecule has 1 aliphatic rings. The number of H-pyrrole nitrogens is 1. The SMILES string of the molecule is CCn1c(SCC(=O)c2c[nH]c3ccccc23)nnc1C1CC1. The summed E-state index contributed by atoms with van der Waals surface area (Å²) in [5, 5.41) is 10.4. The van der Waals surface area contributed by atoms with Gasteiger partial charge in [0.25, 0.3) is 0 Å². The highest BCUT2D eigenvalue weighted by atomic mass is 32.2. The number of carbonyl (C=O) groups is 1. The Morgan fingerprint density at radius 3 is 2.96 bits per heavy atom. The Kier molecular flexibility index (Phi) is 3.69. The van der Waals surface area contributed by atoms with Gasteiger partial charge in [-0.15, -0.1) is 10.2 Å². The molecule has 0 atom stereocenters. The number of thioether (sulfide) groups is 1. The van der Waals surface area contributed by atoms with Gasteiger partial charge in [0.05, 0.1) is 5.75 Å². The van der Waals surface area contributed by atoms with Crippen LogP contribution in [0, 0.1) is 0 Å². The van der Waals surface area contributed by atoms with Gasteiger partial charge in [0, 0.05) is 35.1 Å². The molecule has 2 heterocycles. The highest BCUT2D eigenvalue weighted by molar-refractivity contribution is 7.99. The van der Waals surface area contributed by atoms with Crippen LogP contribution in [0.5, 0.6) is 0 Å². The first-order chi connectivity index (χ1) is 11.3. The van der Waals surface area contributed by atoms with E-state index in [4.69, 9.17) is 0 Å². The van der Waals surface area contributed by atoms with Gasteiger partial charge < -0.3 is 9.55 Å². The molecule has 5 nitrogen and oxygen atoms in total. The van der Waals surface area contributed by atoms with E-state index < -0.39 is 0 Å². The van der Waals surface area contributed by atoms with Crippen LogP contribution in [-0.2, 0) is 6.54 Å². The molecule has 1 N–H and O–H groups in total. The lowest BCUT2D eigenvalue weighted by molar-refractivity contribution is 0.102. The largest absolute Gasteiger partial charge is 0.360 e. The number of hydrogen-bond donors (Lipinski definition) is 1. The lowest BCUT2D eigenvalue weighted by Crippen LogP contribution is -2.05. The minimum Gasteiger partial charge on any atom is -0.360 e. The van der Waals surface area contributed by atoms with E-state index in [-0.39, 0.29) is 5.78 Å². The molecule has 1 saturated carbocycles. The Morgan fingerprint density at radius 1 is 1.35 bits per heavy atom. The smallest absolute Gasteiger partial charge is 0.191 e. The molecule has 118 valence electrons. The molecule has 0 saturated heterocycles. The molecule has 0 spiro atoms. The Morgan fingerprint density at radius 2 is 2.17 bits per heavy atom. The first-order valence-corrected chi connectivity index (χ1v) is 8.91. The van der Waals surface area contributed by atoms with E-state index in [0.29, 0.717) is 11.7 Å². The van der Waals surface area contributed by atoms with Gasteiger partial charge in [-0.25, -0.2) is 0 Å². The minimum atomic E-state index is 0.117. The number of nitrogens with zero attached hydrogens (tertiary/aromatic N) is 3. The van der Waals surface area contributed by atoms with Crippen LogP contribution in [0.25, 0.3) is 10.9 Å². The molecule has 0 amide bonds. The van der Waals surface area contributed by atoms with Crippen LogP contribution in [0.3, 0.4) is 0 Å². The van der Waals surface area contributed by atoms with Crippen LogP contribution in [0.15, 0.2) is 35.6 Å². The van der Waals surface area contributed by atoms with E-state index in [1.807, 2.05) is 24.3 Å². The summed E-state index contributed by atoms with van der Waals surface area (Å²) in [4.78, 5) is 15.7. The molecule has 3 aromatic rings. The Bertz CT molecular complexity index is 862. The summed E-state index contributed by atoms with van der Waals surface area (Å²) >= 11 is 1.48. The van der Waals surface area contributed by atoms with Crippen molar-refractivity contribution in [1.29, 1.82) is 0 Å². The average molecular weight is 326 g/mol. The number of para-hydroxylation sites is 1. The summed E-state index contributed by atoms with van der Waals surface area (Å²) in [5.74, 6) is 2.15. The molecule has 0 bridgehead atoms. The number of aromatic nitrogens is 4. The van der Waals surface area contributed by atoms with E-state index in [2.05, 4.69) is 26.7 Å². The predicted octanol–water partition coefficient (Wildman–Crippen LogP) is 3.63. The highest BCUT2D eigenvalue weighted by Crippen LogP contribution is 2.40. The predicted molar refractivity (Wildman–Crippen MR) is 91.0 cm³/mol. The molecular weight excluding hydrogens is 308 g/mol. The molecule has 4 rings (SSSR count). The quantitative estimate of drug-likeness (QED) is 0.555. The van der Waals surface area contributed by atoms with Crippen molar-refractivity contribution in [3.05, 3.63) is 41.9 Å². The van der Waals surface area contributed by atoms with Gasteiger partial charge in [0.15, 0.2) is 10.9 Å². The van der Waals surface area contributed by atoms with E-state index in [1.165, 1.54) is 24.6 Å². The fourth-order valence-corrected chi connectivity index (χ4v) is 3.75. The second kappa shape index (κ2) is 5.85. The maximum atomic E-state index is 12.5. The van der Waals surface area contributed by atoms with Crippen molar-refractivity contribution in [2.45, 2.75) is 37.4 Å². The van der Waals surface area contributed by atoms with Gasteiger partial charge in [-0.05, 0) is 25.8 Å². The number of ketones is 1. The van der Waals surface area contributed by atoms with Crippen LogP contribution in [0.1, 0.15) is 41.9 Å². The maximum Gasteiger partial charge on any atom is 0.191 e. The number of nitrogens with one attached hydrogen (secondary N) is 1. The monoisotopic (exact) mass is 326 g/mol. The number of Topliss-reactive ketones (excluding diaryl/α,β-unsaturated/α-hetero) is 1. The molecule has 1 fully saturated rings. The van der Waals surface area contributed by atoms with Crippen LogP contribution in [0.2, 0.25) is 0 Å². The Labute approximate surface area is 138 Å². The van der Waals surface area contributed by atoms with Gasteiger partial charge in [-0.3, -0.25) is 4.79 Å². The van der Waals surface area contributed by atoms with Crippen molar-refractivity contribution in [2.24, 2.45) is 0 Å². The van der Waals surface area contributed by atoms with Crippen LogP contribution < -0.4 is 0 Å². The topological polar surface area (TPSA) is 63.6 Å². The second-order valence-electron chi connectivity index (χ2n) is 5.82. The van der Waals surface area contributed by atoms with E-state index in [1.54, 1.807) is 6.20 Å². The van der Waals surface area contributed by atoms with E-state index in [0.717, 1.165) is 34.0 Å². The summed E-state index contributed by atoms with van der Waals surface area (Å²) in [6, 6.07) is 7.87. The van der Waals surface area contributed by atoms with Crippen LogP contribution in [-0.4, -0.2) is 31.3 Å². The number of rotatable bonds is 6. The molecular formula is C17H18N4OS. The molecule has 0 unspecified atom stereocenters. The molecule has 0 radical (unpaired) electrons.